The van der Waals surface area contributed by atoms with Crippen LogP contribution in [0.4, 0.5) is 17.1 Å². The van der Waals surface area contributed by atoms with Crippen LogP contribution in [0.25, 0.3) is 76.9 Å². The Bertz CT molecular complexity index is 2810. The Morgan fingerprint density at radius 2 is 1.02 bits per heavy atom. The molecule has 230 valence electrons. The van der Waals surface area contributed by atoms with Gasteiger partial charge in [-0.15, -0.1) is 0 Å². The fourth-order valence-corrected chi connectivity index (χ4v) is 7.32. The number of rotatable bonds is 5. The number of nitrogens with zero attached hydrogens (tertiary/aromatic N) is 1. The van der Waals surface area contributed by atoms with Crippen molar-refractivity contribution in [3.63, 3.8) is 0 Å². The van der Waals surface area contributed by atoms with Crippen LogP contribution < -0.4 is 4.90 Å². The molecular weight excluding hydrogens is 599 g/mol. The molecule has 0 bridgehead atoms. The Hall–Kier alpha value is -6.58. The average Bonchev–Trinajstić information content (AvgIpc) is 3.73. The number of anilines is 3. The van der Waals surface area contributed by atoms with Crippen molar-refractivity contribution in [3.8, 4) is 22.3 Å². The molecule has 0 saturated carbocycles. The molecule has 0 atom stereocenters. The fourth-order valence-electron chi connectivity index (χ4n) is 7.32. The molecule has 0 amide bonds. The Morgan fingerprint density at radius 3 is 1.82 bits per heavy atom. The highest BCUT2D eigenvalue weighted by atomic mass is 16.3. The van der Waals surface area contributed by atoms with Gasteiger partial charge in [-0.1, -0.05) is 127 Å². The van der Waals surface area contributed by atoms with Crippen molar-refractivity contribution in [3.05, 3.63) is 176 Å². The molecule has 0 aliphatic heterocycles. The summed E-state index contributed by atoms with van der Waals surface area (Å²) in [6, 6.07) is 61.9. The lowest BCUT2D eigenvalue weighted by Gasteiger charge is -2.26. The lowest BCUT2D eigenvalue weighted by Crippen LogP contribution is -2.10. The third-order valence-electron chi connectivity index (χ3n) is 9.62. The minimum atomic E-state index is 0.837. The maximum absolute atomic E-state index is 6.75. The largest absolute Gasteiger partial charge is 0.456 e. The van der Waals surface area contributed by atoms with Crippen molar-refractivity contribution in [2.75, 3.05) is 4.90 Å². The van der Waals surface area contributed by atoms with E-state index < -0.39 is 0 Å². The van der Waals surface area contributed by atoms with E-state index >= 15 is 0 Å². The van der Waals surface area contributed by atoms with Crippen LogP contribution in [0.3, 0.4) is 0 Å². The second-order valence-corrected chi connectivity index (χ2v) is 12.5. The third-order valence-corrected chi connectivity index (χ3v) is 9.62. The summed E-state index contributed by atoms with van der Waals surface area (Å²) in [5.74, 6) is 0. The van der Waals surface area contributed by atoms with Gasteiger partial charge in [0.2, 0.25) is 0 Å². The molecule has 10 rings (SSSR count). The summed E-state index contributed by atoms with van der Waals surface area (Å²) in [6.45, 7) is 0. The molecule has 2 aromatic heterocycles. The molecule has 3 nitrogen and oxygen atoms in total. The molecule has 10 aromatic rings. The Labute approximate surface area is 282 Å². The standard InChI is InChI=1S/C46H29NO2/c1-3-12-30(13-4-1)31-22-24-35(25-23-31)47(41-20-11-19-38-37-18-9-10-21-42(37)49-46(38)41)36-28-39(32-14-5-2-6-15-32)45-40-26-33-16-7-8-17-34(33)27-43(40)48-44(45)29-36/h1-29H. The van der Waals surface area contributed by atoms with Gasteiger partial charge in [0, 0.05) is 33.3 Å². The number of fused-ring (bicyclic) bond motifs is 7. The van der Waals surface area contributed by atoms with E-state index in [1.165, 1.54) is 10.9 Å². The predicted octanol–water partition coefficient (Wildman–Crippen LogP) is 13.4. The first-order valence-corrected chi connectivity index (χ1v) is 16.6. The van der Waals surface area contributed by atoms with E-state index in [4.69, 9.17) is 8.83 Å². The van der Waals surface area contributed by atoms with Gasteiger partial charge in [0.25, 0.3) is 0 Å². The molecule has 0 spiro atoms. The van der Waals surface area contributed by atoms with Crippen LogP contribution in [0.5, 0.6) is 0 Å². The molecule has 0 aliphatic rings. The van der Waals surface area contributed by atoms with Gasteiger partial charge in [0.05, 0.1) is 11.4 Å². The summed E-state index contributed by atoms with van der Waals surface area (Å²) in [4.78, 5) is 2.30. The van der Waals surface area contributed by atoms with E-state index in [0.717, 1.165) is 83.0 Å². The zero-order valence-corrected chi connectivity index (χ0v) is 26.5. The molecule has 49 heavy (non-hydrogen) atoms. The zero-order chi connectivity index (χ0) is 32.3. The second-order valence-electron chi connectivity index (χ2n) is 12.5. The van der Waals surface area contributed by atoms with Crippen LogP contribution in [0.15, 0.2) is 185 Å². The highest BCUT2D eigenvalue weighted by molar-refractivity contribution is 6.17. The van der Waals surface area contributed by atoms with Gasteiger partial charge < -0.3 is 13.7 Å². The van der Waals surface area contributed by atoms with Gasteiger partial charge in [-0.25, -0.2) is 0 Å². The van der Waals surface area contributed by atoms with Crippen molar-refractivity contribution in [2.45, 2.75) is 0 Å². The lowest BCUT2D eigenvalue weighted by molar-refractivity contribution is 0.668. The maximum Gasteiger partial charge on any atom is 0.159 e. The molecular formula is C46H29NO2. The smallest absolute Gasteiger partial charge is 0.159 e. The first kappa shape index (κ1) is 27.5. The average molecular weight is 628 g/mol. The van der Waals surface area contributed by atoms with Gasteiger partial charge in [0.15, 0.2) is 5.58 Å². The van der Waals surface area contributed by atoms with Crippen molar-refractivity contribution in [2.24, 2.45) is 0 Å². The third kappa shape index (κ3) is 4.51. The Morgan fingerprint density at radius 1 is 0.367 bits per heavy atom. The fraction of sp³-hybridized carbons (Fsp3) is 0. The minimum Gasteiger partial charge on any atom is -0.456 e. The van der Waals surface area contributed by atoms with Crippen LogP contribution in [0, 0.1) is 0 Å². The van der Waals surface area contributed by atoms with Crippen LogP contribution >= 0.6 is 0 Å². The van der Waals surface area contributed by atoms with Crippen LogP contribution in [-0.4, -0.2) is 0 Å². The molecule has 0 unspecified atom stereocenters. The maximum atomic E-state index is 6.75. The van der Waals surface area contributed by atoms with E-state index in [0.29, 0.717) is 0 Å². The monoisotopic (exact) mass is 627 g/mol. The molecule has 0 N–H and O–H groups in total. The van der Waals surface area contributed by atoms with Gasteiger partial charge in [-0.3, -0.25) is 0 Å². The molecule has 2 heterocycles. The lowest BCUT2D eigenvalue weighted by atomic mass is 9.97. The summed E-state index contributed by atoms with van der Waals surface area (Å²) < 4.78 is 13.4. The summed E-state index contributed by atoms with van der Waals surface area (Å²) in [6.07, 6.45) is 0. The Balaban J connectivity index is 1.26. The first-order chi connectivity index (χ1) is 24.3. The summed E-state index contributed by atoms with van der Waals surface area (Å²) >= 11 is 0. The number of benzene rings is 8. The Kier molecular flexibility index (Phi) is 6.18. The van der Waals surface area contributed by atoms with Gasteiger partial charge in [-0.05, 0) is 75.5 Å². The molecule has 0 fully saturated rings. The summed E-state index contributed by atoms with van der Waals surface area (Å²) in [7, 11) is 0. The molecule has 8 aromatic carbocycles. The number of para-hydroxylation sites is 2. The summed E-state index contributed by atoms with van der Waals surface area (Å²) in [5, 5.41) is 6.75. The van der Waals surface area contributed by atoms with Crippen molar-refractivity contribution in [1.82, 2.24) is 0 Å². The predicted molar refractivity (Wildman–Crippen MR) is 204 cm³/mol. The molecule has 3 heteroatoms. The quantitative estimate of drug-likeness (QED) is 0.190. The van der Waals surface area contributed by atoms with Gasteiger partial charge in [0.1, 0.15) is 16.7 Å². The van der Waals surface area contributed by atoms with Crippen molar-refractivity contribution >= 4 is 71.7 Å². The van der Waals surface area contributed by atoms with E-state index in [1.54, 1.807) is 0 Å². The van der Waals surface area contributed by atoms with Crippen LogP contribution in [0.2, 0.25) is 0 Å². The molecule has 0 aliphatic carbocycles. The summed E-state index contributed by atoms with van der Waals surface area (Å²) in [5.41, 5.74) is 11.0. The highest BCUT2D eigenvalue weighted by Crippen LogP contribution is 2.47. The highest BCUT2D eigenvalue weighted by Gasteiger charge is 2.23. The molecule has 0 saturated heterocycles. The second kappa shape index (κ2) is 11.0. The number of hydrogen-bond acceptors (Lipinski definition) is 3. The van der Waals surface area contributed by atoms with E-state index in [1.807, 2.05) is 12.1 Å². The van der Waals surface area contributed by atoms with E-state index in [9.17, 15) is 0 Å². The van der Waals surface area contributed by atoms with Crippen molar-refractivity contribution in [1.29, 1.82) is 0 Å². The minimum absolute atomic E-state index is 0.837. The zero-order valence-electron chi connectivity index (χ0n) is 26.5. The van der Waals surface area contributed by atoms with Crippen LogP contribution in [0.1, 0.15) is 0 Å². The van der Waals surface area contributed by atoms with Crippen LogP contribution in [-0.2, 0) is 0 Å². The van der Waals surface area contributed by atoms with Gasteiger partial charge in [-0.2, -0.15) is 0 Å². The normalized spacial score (nSPS) is 11.7. The number of furan rings is 2. The first-order valence-electron chi connectivity index (χ1n) is 16.6. The van der Waals surface area contributed by atoms with E-state index in [-0.39, 0.29) is 0 Å². The number of hydrogen-bond donors (Lipinski definition) is 0. The van der Waals surface area contributed by atoms with Gasteiger partial charge >= 0.3 is 0 Å². The SMILES string of the molecule is c1ccc(-c2ccc(N(c3cc(-c4ccccc4)c4c(c3)oc3cc5ccccc5cc34)c3cccc4c3oc3ccccc34)cc2)cc1. The topological polar surface area (TPSA) is 29.5 Å². The van der Waals surface area contributed by atoms with Crippen molar-refractivity contribution < 1.29 is 8.83 Å². The molecule has 0 radical (unpaired) electrons. The van der Waals surface area contributed by atoms with E-state index in [2.05, 4.69) is 169 Å².